The second kappa shape index (κ2) is 17.7. The van der Waals surface area contributed by atoms with Gasteiger partial charge in [-0.05, 0) is 24.3 Å². The van der Waals surface area contributed by atoms with Gasteiger partial charge in [0.15, 0.2) is 0 Å². The van der Waals surface area contributed by atoms with Crippen molar-refractivity contribution in [3.8, 4) is 0 Å². The van der Waals surface area contributed by atoms with Gasteiger partial charge in [-0.25, -0.2) is 0 Å². The molecule has 0 bridgehead atoms. The number of ether oxygens (including phenoxy) is 1. The Hall–Kier alpha value is -0.400. The van der Waals surface area contributed by atoms with Crippen molar-refractivity contribution in [3.05, 3.63) is 0 Å². The minimum Gasteiger partial charge on any atom is -0.481 e. The normalized spacial score (nSPS) is 16.2. The molecule has 0 spiro atoms. The molecule has 2 unspecified atom stereocenters. The van der Waals surface area contributed by atoms with Crippen molar-refractivity contribution in [1.29, 1.82) is 0 Å². The predicted octanol–water partition coefficient (Wildman–Crippen LogP) is 4.26. The summed E-state index contributed by atoms with van der Waals surface area (Å²) in [4.78, 5) is 24.3. The molecule has 7 heteroatoms. The molecule has 1 saturated heterocycles. The molecule has 2 atom stereocenters. The molecule has 1 heterocycles. The highest BCUT2D eigenvalue weighted by atomic mass is 32.2. The smallest absolute Gasteiger partial charge is 0.307 e. The summed E-state index contributed by atoms with van der Waals surface area (Å²) in [5.74, 6) is 3.54. The number of carbonyl (C=O) groups excluding carboxylic acids is 1. The van der Waals surface area contributed by atoms with Crippen LogP contribution in [0.2, 0.25) is 0 Å². The van der Waals surface area contributed by atoms with Crippen LogP contribution in [-0.2, 0) is 14.3 Å². The lowest BCUT2D eigenvalue weighted by atomic mass is 10.2. The van der Waals surface area contributed by atoms with Gasteiger partial charge in [-0.15, -0.1) is 0 Å². The van der Waals surface area contributed by atoms with Crippen molar-refractivity contribution in [3.63, 3.8) is 0 Å². The molecule has 1 fully saturated rings. The van der Waals surface area contributed by atoms with E-state index in [0.29, 0.717) is 19.1 Å². The molecule has 27 heavy (non-hydrogen) atoms. The van der Waals surface area contributed by atoms with Crippen molar-refractivity contribution < 1.29 is 19.4 Å². The zero-order chi connectivity index (χ0) is 20.5. The number of carboxylic acid groups (broad SMARTS) is 1. The number of thioether (sulfide) groups is 2. The van der Waals surface area contributed by atoms with E-state index in [4.69, 9.17) is 9.84 Å². The first-order valence-corrected chi connectivity index (χ1v) is 12.5. The van der Waals surface area contributed by atoms with Crippen LogP contribution in [-0.4, -0.2) is 71.2 Å². The van der Waals surface area contributed by atoms with Gasteiger partial charge in [-0.3, -0.25) is 9.59 Å². The summed E-state index contributed by atoms with van der Waals surface area (Å²) in [5, 5.41) is 8.53. The maximum atomic E-state index is 12.0. The molecule has 0 radical (unpaired) electrons. The molecule has 1 aliphatic rings. The van der Waals surface area contributed by atoms with Crippen LogP contribution in [0.25, 0.3) is 0 Å². The predicted molar refractivity (Wildman–Crippen MR) is 118 cm³/mol. The van der Waals surface area contributed by atoms with Gasteiger partial charge in [0, 0.05) is 30.5 Å². The number of morpholine rings is 1. The number of rotatable bonds is 12. The van der Waals surface area contributed by atoms with Crippen molar-refractivity contribution in [2.45, 2.75) is 53.4 Å². The van der Waals surface area contributed by atoms with E-state index >= 15 is 0 Å². The number of amides is 1. The Morgan fingerprint density at radius 2 is 1.44 bits per heavy atom. The number of hydrogen-bond acceptors (Lipinski definition) is 5. The lowest BCUT2D eigenvalue weighted by Gasteiger charge is -2.29. The average molecular weight is 422 g/mol. The van der Waals surface area contributed by atoms with E-state index in [1.807, 2.05) is 23.6 Å². The fourth-order valence-electron chi connectivity index (χ4n) is 2.25. The molecule has 0 aliphatic carbocycles. The Labute approximate surface area is 174 Å². The van der Waals surface area contributed by atoms with E-state index in [9.17, 15) is 9.59 Å². The first-order valence-electron chi connectivity index (χ1n) is 10.2. The summed E-state index contributed by atoms with van der Waals surface area (Å²) in [6.45, 7) is 11.1. The Morgan fingerprint density at radius 3 is 1.89 bits per heavy atom. The Morgan fingerprint density at radius 1 is 0.963 bits per heavy atom. The van der Waals surface area contributed by atoms with Crippen molar-refractivity contribution >= 4 is 35.4 Å². The monoisotopic (exact) mass is 421 g/mol. The van der Waals surface area contributed by atoms with Gasteiger partial charge in [-0.2, -0.15) is 23.5 Å². The van der Waals surface area contributed by atoms with Crippen molar-refractivity contribution in [1.82, 2.24) is 4.90 Å². The summed E-state index contributed by atoms with van der Waals surface area (Å²) in [5.41, 5.74) is 0. The molecule has 1 N–H and O–H groups in total. The molecule has 0 aromatic rings. The molecule has 1 amide bonds. The number of unbranched alkanes of at least 4 members (excludes halogenated alkanes) is 2. The molecule has 0 aromatic heterocycles. The van der Waals surface area contributed by atoms with E-state index in [2.05, 4.69) is 13.8 Å². The third-order valence-corrected chi connectivity index (χ3v) is 6.81. The molecular formula is C20H39NO4S2. The van der Waals surface area contributed by atoms with Crippen LogP contribution in [0.5, 0.6) is 0 Å². The van der Waals surface area contributed by atoms with Crippen LogP contribution >= 0.6 is 23.5 Å². The van der Waals surface area contributed by atoms with Gasteiger partial charge in [0.25, 0.3) is 0 Å². The van der Waals surface area contributed by atoms with Crippen LogP contribution in [0.1, 0.15) is 53.4 Å². The van der Waals surface area contributed by atoms with Gasteiger partial charge in [-0.1, -0.05) is 40.5 Å². The van der Waals surface area contributed by atoms with Gasteiger partial charge in [0.1, 0.15) is 0 Å². The number of nitrogens with zero attached hydrogens (tertiary/aromatic N) is 1. The fourth-order valence-corrected chi connectivity index (χ4v) is 4.56. The van der Waals surface area contributed by atoms with E-state index in [-0.39, 0.29) is 11.8 Å². The second-order valence-electron chi connectivity index (χ2n) is 6.93. The lowest BCUT2D eigenvalue weighted by Crippen LogP contribution is -2.43. The Kier molecular flexibility index (Phi) is 17.4. The second-order valence-corrected chi connectivity index (χ2v) is 9.23. The van der Waals surface area contributed by atoms with Gasteiger partial charge in [0.2, 0.25) is 5.91 Å². The molecule has 160 valence electrons. The maximum Gasteiger partial charge on any atom is 0.307 e. The van der Waals surface area contributed by atoms with Crippen LogP contribution < -0.4 is 0 Å². The zero-order valence-electron chi connectivity index (χ0n) is 17.6. The summed E-state index contributed by atoms with van der Waals surface area (Å²) < 4.78 is 5.24. The number of aliphatic carboxylic acids is 1. The molecular weight excluding hydrogens is 382 g/mol. The summed E-state index contributed by atoms with van der Waals surface area (Å²) in [6, 6.07) is 0. The largest absolute Gasteiger partial charge is 0.481 e. The van der Waals surface area contributed by atoms with Gasteiger partial charge < -0.3 is 14.7 Å². The number of hydrogen-bond donors (Lipinski definition) is 1. The third-order valence-electron chi connectivity index (χ3n) is 4.19. The summed E-state index contributed by atoms with van der Waals surface area (Å²) >= 11 is 3.63. The Balaban J connectivity index is 0.000000541. The maximum absolute atomic E-state index is 12.0. The van der Waals surface area contributed by atoms with Crippen LogP contribution in [0.15, 0.2) is 0 Å². The highest BCUT2D eigenvalue weighted by Gasteiger charge is 2.21. The lowest BCUT2D eigenvalue weighted by molar-refractivity contribution is -0.140. The van der Waals surface area contributed by atoms with Crippen molar-refractivity contribution in [2.75, 3.05) is 49.3 Å². The molecule has 1 rings (SSSR count). The molecule has 5 nitrogen and oxygen atoms in total. The van der Waals surface area contributed by atoms with E-state index in [0.717, 1.165) is 30.3 Å². The minimum atomic E-state index is -0.686. The van der Waals surface area contributed by atoms with Crippen LogP contribution in [0.3, 0.4) is 0 Å². The summed E-state index contributed by atoms with van der Waals surface area (Å²) in [7, 11) is 0. The molecule has 1 aliphatic heterocycles. The van der Waals surface area contributed by atoms with Crippen LogP contribution in [0.4, 0.5) is 0 Å². The van der Waals surface area contributed by atoms with Gasteiger partial charge >= 0.3 is 5.97 Å². The molecule has 0 saturated carbocycles. The van der Waals surface area contributed by atoms with Crippen molar-refractivity contribution in [2.24, 2.45) is 11.8 Å². The SMILES string of the molecule is CCCCSCC(C)C(=O)N1CCOCC1.CCCCSCC(C)C(=O)O. The Bertz CT molecular complexity index is 390. The van der Waals surface area contributed by atoms with Gasteiger partial charge in [0.05, 0.1) is 19.1 Å². The van der Waals surface area contributed by atoms with E-state index in [1.165, 1.54) is 31.4 Å². The van der Waals surface area contributed by atoms with E-state index < -0.39 is 5.97 Å². The third kappa shape index (κ3) is 14.3. The minimum absolute atomic E-state index is 0.153. The number of carbonyl (C=O) groups is 2. The first-order chi connectivity index (χ1) is 12.9. The highest BCUT2D eigenvalue weighted by Crippen LogP contribution is 2.14. The average Bonchev–Trinajstić information content (AvgIpc) is 2.68. The highest BCUT2D eigenvalue weighted by molar-refractivity contribution is 7.99. The number of carboxylic acids is 1. The fraction of sp³-hybridized carbons (Fsp3) is 0.900. The summed E-state index contributed by atoms with van der Waals surface area (Å²) in [6.07, 6.45) is 4.87. The zero-order valence-corrected chi connectivity index (χ0v) is 19.2. The quantitative estimate of drug-likeness (QED) is 0.475. The first kappa shape index (κ1) is 26.6. The standard InChI is InChI=1S/C12H23NO2S.C8H16O2S/c1-3-4-9-16-10-11(2)12(14)13-5-7-15-8-6-13;1-3-4-5-11-6-7(2)8(9)10/h11H,3-10H2,1-2H3;7H,3-6H2,1-2H3,(H,9,10). The molecule has 0 aromatic carbocycles. The van der Waals surface area contributed by atoms with Crippen LogP contribution in [0, 0.1) is 11.8 Å². The topological polar surface area (TPSA) is 66.8 Å². The van der Waals surface area contributed by atoms with E-state index in [1.54, 1.807) is 18.7 Å².